The topological polar surface area (TPSA) is 60.1 Å². The van der Waals surface area contributed by atoms with Gasteiger partial charge in [-0.15, -0.1) is 0 Å². The van der Waals surface area contributed by atoms with Crippen LogP contribution in [-0.4, -0.2) is 17.0 Å². The molecule has 3 atom stereocenters. The summed E-state index contributed by atoms with van der Waals surface area (Å²) in [7, 11) is 0. The van der Waals surface area contributed by atoms with Crippen LogP contribution < -0.4 is 11.1 Å². The van der Waals surface area contributed by atoms with Gasteiger partial charge in [0.05, 0.1) is 5.56 Å². The molecule has 0 spiro atoms. The van der Waals surface area contributed by atoms with Gasteiger partial charge in [-0.25, -0.2) is 4.39 Å². The lowest BCUT2D eigenvalue weighted by Gasteiger charge is -2.35. The number of para-hydroxylation sites is 1. The molecule has 5 heteroatoms. The number of fused-ring (bicyclic) bond motifs is 1. The van der Waals surface area contributed by atoms with Crippen LogP contribution in [0, 0.1) is 18.7 Å². The van der Waals surface area contributed by atoms with Crippen LogP contribution >= 0.6 is 0 Å². The molecular formula is C23H26FN3O. The first-order chi connectivity index (χ1) is 13.5. The highest BCUT2D eigenvalue weighted by Crippen LogP contribution is 2.38. The number of aromatic nitrogens is 1. The van der Waals surface area contributed by atoms with Crippen molar-refractivity contribution in [2.24, 2.45) is 11.7 Å². The fourth-order valence-electron chi connectivity index (χ4n) is 4.77. The summed E-state index contributed by atoms with van der Waals surface area (Å²) >= 11 is 0. The van der Waals surface area contributed by atoms with Gasteiger partial charge in [-0.05, 0) is 62.9 Å². The van der Waals surface area contributed by atoms with Crippen LogP contribution in [0.3, 0.4) is 0 Å². The molecule has 28 heavy (non-hydrogen) atoms. The van der Waals surface area contributed by atoms with Crippen molar-refractivity contribution in [3.8, 4) is 0 Å². The first-order valence-electron chi connectivity index (χ1n) is 9.85. The number of piperidine rings is 1. The number of carbonyl (C=O) groups is 1. The molecule has 0 saturated carbocycles. The van der Waals surface area contributed by atoms with Gasteiger partial charge >= 0.3 is 0 Å². The molecule has 3 N–H and O–H groups in total. The summed E-state index contributed by atoms with van der Waals surface area (Å²) in [5.41, 5.74) is 9.41. The van der Waals surface area contributed by atoms with Crippen molar-refractivity contribution in [1.82, 2.24) is 9.88 Å². The number of primary amides is 1. The molecule has 3 unspecified atom stereocenters. The minimum absolute atomic E-state index is 0.208. The molecule has 0 aliphatic carbocycles. The predicted octanol–water partition coefficient (Wildman–Crippen LogP) is 4.49. The molecule has 0 bridgehead atoms. The van der Waals surface area contributed by atoms with E-state index in [1.807, 2.05) is 37.3 Å². The van der Waals surface area contributed by atoms with E-state index in [1.54, 1.807) is 0 Å². The molecule has 1 amide bonds. The van der Waals surface area contributed by atoms with Gasteiger partial charge in [-0.1, -0.05) is 30.3 Å². The zero-order valence-corrected chi connectivity index (χ0v) is 16.3. The minimum Gasteiger partial charge on any atom is -0.366 e. The number of carbonyl (C=O) groups excluding carboxylic acids is 1. The monoisotopic (exact) mass is 379 g/mol. The molecule has 0 radical (unpaired) electrons. The molecule has 3 aromatic rings. The Morgan fingerprint density at radius 2 is 1.93 bits per heavy atom. The maximum atomic E-state index is 13.3. The van der Waals surface area contributed by atoms with E-state index in [1.165, 1.54) is 12.1 Å². The summed E-state index contributed by atoms with van der Waals surface area (Å²) in [5.74, 6) is -0.154. The molecule has 1 aliphatic rings. The van der Waals surface area contributed by atoms with E-state index in [9.17, 15) is 9.18 Å². The van der Waals surface area contributed by atoms with Crippen molar-refractivity contribution in [2.45, 2.75) is 38.8 Å². The number of nitrogens with zero attached hydrogens (tertiary/aromatic N) is 1. The summed E-state index contributed by atoms with van der Waals surface area (Å²) in [6, 6.07) is 15.2. The lowest BCUT2D eigenvalue weighted by Crippen LogP contribution is -2.35. The molecule has 1 fully saturated rings. The second-order valence-corrected chi connectivity index (χ2v) is 7.80. The first-order valence-corrected chi connectivity index (χ1v) is 9.85. The molecule has 4 nitrogen and oxygen atoms in total. The fraction of sp³-hybridized carbons (Fsp3) is 0.348. The van der Waals surface area contributed by atoms with E-state index in [0.29, 0.717) is 11.5 Å². The smallest absolute Gasteiger partial charge is 0.251 e. The number of nitrogens with two attached hydrogens (primary N) is 1. The molecule has 1 aromatic heterocycles. The Bertz CT molecular complexity index is 1010. The number of rotatable bonds is 4. The molecule has 2 heterocycles. The largest absolute Gasteiger partial charge is 0.366 e. The van der Waals surface area contributed by atoms with Gasteiger partial charge in [-0.2, -0.15) is 0 Å². The molecule has 4 rings (SSSR count). The van der Waals surface area contributed by atoms with Gasteiger partial charge in [0.25, 0.3) is 5.91 Å². The van der Waals surface area contributed by atoms with Gasteiger partial charge < -0.3 is 15.6 Å². The maximum absolute atomic E-state index is 13.3. The zero-order chi connectivity index (χ0) is 19.8. The Kier molecular flexibility index (Phi) is 4.94. The summed E-state index contributed by atoms with van der Waals surface area (Å²) in [6.07, 6.45) is 2.02. The fourth-order valence-corrected chi connectivity index (χ4v) is 4.77. The van der Waals surface area contributed by atoms with Crippen molar-refractivity contribution in [3.05, 3.63) is 71.2 Å². The van der Waals surface area contributed by atoms with E-state index in [4.69, 9.17) is 5.73 Å². The Hall–Kier alpha value is -2.66. The van der Waals surface area contributed by atoms with Crippen molar-refractivity contribution >= 4 is 16.8 Å². The third-order valence-corrected chi connectivity index (χ3v) is 6.21. The Morgan fingerprint density at radius 3 is 2.64 bits per heavy atom. The second kappa shape index (κ2) is 7.40. The van der Waals surface area contributed by atoms with Crippen molar-refractivity contribution in [3.63, 3.8) is 0 Å². The Morgan fingerprint density at radius 1 is 1.21 bits per heavy atom. The third kappa shape index (κ3) is 3.20. The lowest BCUT2D eigenvalue weighted by molar-refractivity contribution is 0.100. The normalized spacial score (nSPS) is 21.0. The summed E-state index contributed by atoms with van der Waals surface area (Å²) in [5, 5.41) is 4.48. The second-order valence-electron chi connectivity index (χ2n) is 7.80. The van der Waals surface area contributed by atoms with Gasteiger partial charge in [0.15, 0.2) is 0 Å². The average Bonchev–Trinajstić information content (AvgIpc) is 3.00. The van der Waals surface area contributed by atoms with Crippen molar-refractivity contribution in [2.75, 3.05) is 6.54 Å². The average molecular weight is 379 g/mol. The molecule has 1 aliphatic heterocycles. The number of nitrogens with one attached hydrogen (secondary N) is 1. The number of benzene rings is 2. The summed E-state index contributed by atoms with van der Waals surface area (Å²) in [6.45, 7) is 5.12. The molecular weight excluding hydrogens is 353 g/mol. The highest BCUT2D eigenvalue weighted by molar-refractivity contribution is 6.07. The van der Waals surface area contributed by atoms with Crippen LogP contribution in [0.1, 0.15) is 53.5 Å². The van der Waals surface area contributed by atoms with Crippen LogP contribution in [0.4, 0.5) is 4.39 Å². The van der Waals surface area contributed by atoms with E-state index in [0.717, 1.165) is 41.5 Å². The van der Waals surface area contributed by atoms with Crippen LogP contribution in [0.2, 0.25) is 0 Å². The number of hydrogen-bond donors (Lipinski definition) is 2. The minimum atomic E-state index is -0.380. The number of amides is 1. The zero-order valence-electron chi connectivity index (χ0n) is 16.3. The van der Waals surface area contributed by atoms with Crippen LogP contribution in [0.5, 0.6) is 0 Å². The summed E-state index contributed by atoms with van der Waals surface area (Å²) < 4.78 is 15.5. The molecule has 146 valence electrons. The van der Waals surface area contributed by atoms with E-state index < -0.39 is 0 Å². The number of hydrogen-bond acceptors (Lipinski definition) is 2. The van der Waals surface area contributed by atoms with E-state index >= 15 is 0 Å². The van der Waals surface area contributed by atoms with Crippen LogP contribution in [0.15, 0.2) is 48.5 Å². The number of halogens is 1. The first kappa shape index (κ1) is 18.7. The quantitative estimate of drug-likeness (QED) is 0.702. The molecule has 1 saturated heterocycles. The predicted molar refractivity (Wildman–Crippen MR) is 110 cm³/mol. The SMILES string of the molecule is Cc1c(C(N)=O)c2ccccc2n1C(C)C1CCNC(c2ccc(F)cc2)C1. The van der Waals surface area contributed by atoms with E-state index in [-0.39, 0.29) is 23.8 Å². The Labute approximate surface area is 164 Å². The van der Waals surface area contributed by atoms with Crippen LogP contribution in [-0.2, 0) is 0 Å². The van der Waals surface area contributed by atoms with Gasteiger partial charge in [0.1, 0.15) is 5.82 Å². The Balaban J connectivity index is 1.68. The van der Waals surface area contributed by atoms with Gasteiger partial charge in [0.2, 0.25) is 0 Å². The van der Waals surface area contributed by atoms with Crippen LogP contribution in [0.25, 0.3) is 10.9 Å². The maximum Gasteiger partial charge on any atom is 0.251 e. The van der Waals surface area contributed by atoms with Crippen molar-refractivity contribution in [1.29, 1.82) is 0 Å². The van der Waals surface area contributed by atoms with Crippen molar-refractivity contribution < 1.29 is 9.18 Å². The van der Waals surface area contributed by atoms with Gasteiger partial charge in [-0.3, -0.25) is 4.79 Å². The van der Waals surface area contributed by atoms with Gasteiger partial charge in [0, 0.05) is 28.7 Å². The highest BCUT2D eigenvalue weighted by Gasteiger charge is 2.30. The lowest BCUT2D eigenvalue weighted by atomic mass is 9.84. The third-order valence-electron chi connectivity index (χ3n) is 6.21. The highest BCUT2D eigenvalue weighted by atomic mass is 19.1. The summed E-state index contributed by atoms with van der Waals surface area (Å²) in [4.78, 5) is 12.1. The molecule has 2 aromatic carbocycles. The van der Waals surface area contributed by atoms with E-state index in [2.05, 4.69) is 22.9 Å². The standard InChI is InChI=1S/C23H26FN3O/c1-14(17-11-12-26-20(13-17)16-7-9-18(24)10-8-16)27-15(2)22(23(25)28)19-5-3-4-6-21(19)27/h3-10,14,17,20,26H,11-13H2,1-2H3,(H2,25,28).